The first-order valence-electron chi connectivity index (χ1n) is 4.08. The Bertz CT molecular complexity index is 467. The Labute approximate surface area is 87.9 Å². The molecule has 0 atom stereocenters. The predicted octanol–water partition coefficient (Wildman–Crippen LogP) is 0.700. The molecule has 3 N–H and O–H groups in total. The zero-order valence-corrected chi connectivity index (χ0v) is 8.70. The van der Waals surface area contributed by atoms with Gasteiger partial charge in [0.2, 0.25) is 0 Å². The molecule has 1 aromatic carbocycles. The Morgan fingerprint density at radius 1 is 1.53 bits per heavy atom. The van der Waals surface area contributed by atoms with E-state index in [0.717, 1.165) is 0 Å². The number of rotatable bonds is 4. The Kier molecular flexibility index (Phi) is 3.46. The molecular formula is C9H11NO4S. The van der Waals surface area contributed by atoms with Crippen LogP contribution in [0.1, 0.15) is 5.56 Å². The van der Waals surface area contributed by atoms with E-state index in [0.29, 0.717) is 12.0 Å². The van der Waals surface area contributed by atoms with Crippen LogP contribution < -0.4 is 5.90 Å². The molecule has 0 saturated carbocycles. The summed E-state index contributed by atoms with van der Waals surface area (Å²) in [6, 6.07) is 4.29. The summed E-state index contributed by atoms with van der Waals surface area (Å²) in [4.78, 5) is -0.343. The lowest BCUT2D eigenvalue weighted by molar-refractivity contribution is 0.329. The number of allylic oxidation sites excluding steroid dienone is 1. The van der Waals surface area contributed by atoms with Gasteiger partial charge in [-0.05, 0) is 18.1 Å². The van der Waals surface area contributed by atoms with Crippen LogP contribution in [0.3, 0.4) is 0 Å². The van der Waals surface area contributed by atoms with Crippen LogP contribution in [0.25, 0.3) is 0 Å². The van der Waals surface area contributed by atoms with E-state index in [1.54, 1.807) is 12.1 Å². The zero-order chi connectivity index (χ0) is 11.5. The SMILES string of the molecule is C=CCc1cccc(S(=O)(=O)ON)c1O. The molecule has 15 heavy (non-hydrogen) atoms. The van der Waals surface area contributed by atoms with E-state index in [9.17, 15) is 13.5 Å². The van der Waals surface area contributed by atoms with Crippen LogP contribution in [0.5, 0.6) is 5.75 Å². The van der Waals surface area contributed by atoms with Crippen LogP contribution in [0.2, 0.25) is 0 Å². The average Bonchev–Trinajstić information content (AvgIpc) is 2.21. The summed E-state index contributed by atoms with van der Waals surface area (Å²) in [6.07, 6.45) is 1.91. The topological polar surface area (TPSA) is 89.6 Å². The fraction of sp³-hybridized carbons (Fsp3) is 0.111. The van der Waals surface area contributed by atoms with E-state index in [-0.39, 0.29) is 10.6 Å². The van der Waals surface area contributed by atoms with Gasteiger partial charge < -0.3 is 5.11 Å². The summed E-state index contributed by atoms with van der Waals surface area (Å²) in [5.74, 6) is 4.25. The predicted molar refractivity (Wildman–Crippen MR) is 54.5 cm³/mol. The first kappa shape index (κ1) is 11.7. The summed E-state index contributed by atoms with van der Waals surface area (Å²) < 4.78 is 26.3. The van der Waals surface area contributed by atoms with Crippen LogP contribution >= 0.6 is 0 Å². The van der Waals surface area contributed by atoms with Crippen molar-refractivity contribution in [2.24, 2.45) is 5.90 Å². The van der Waals surface area contributed by atoms with Crippen molar-refractivity contribution in [3.05, 3.63) is 36.4 Å². The van der Waals surface area contributed by atoms with Gasteiger partial charge in [-0.25, -0.2) is 0 Å². The lowest BCUT2D eigenvalue weighted by atomic mass is 10.1. The number of hydrogen-bond acceptors (Lipinski definition) is 5. The van der Waals surface area contributed by atoms with Gasteiger partial charge in [-0.3, -0.25) is 0 Å². The lowest BCUT2D eigenvalue weighted by Crippen LogP contribution is -2.11. The molecule has 1 aromatic rings. The fourth-order valence-electron chi connectivity index (χ4n) is 1.14. The number of benzene rings is 1. The normalized spacial score (nSPS) is 11.3. The first-order valence-corrected chi connectivity index (χ1v) is 5.49. The largest absolute Gasteiger partial charge is 0.506 e. The molecule has 0 unspecified atom stereocenters. The molecule has 0 saturated heterocycles. The molecule has 0 radical (unpaired) electrons. The molecule has 0 aliphatic rings. The molecule has 0 fully saturated rings. The van der Waals surface area contributed by atoms with Crippen molar-refractivity contribution in [2.75, 3.05) is 0 Å². The Morgan fingerprint density at radius 2 is 2.20 bits per heavy atom. The summed E-state index contributed by atoms with van der Waals surface area (Å²) in [6.45, 7) is 3.49. The maximum atomic E-state index is 11.2. The van der Waals surface area contributed by atoms with Crippen LogP contribution in [0, 0.1) is 0 Å². The van der Waals surface area contributed by atoms with Crippen LogP contribution in [-0.4, -0.2) is 13.5 Å². The van der Waals surface area contributed by atoms with E-state index in [4.69, 9.17) is 0 Å². The Balaban J connectivity index is 3.33. The molecular weight excluding hydrogens is 218 g/mol. The second-order valence-corrected chi connectivity index (χ2v) is 4.35. The van der Waals surface area contributed by atoms with Gasteiger partial charge in [0.05, 0.1) is 0 Å². The highest BCUT2D eigenvalue weighted by atomic mass is 32.2. The number of phenols is 1. The second-order valence-electron chi connectivity index (χ2n) is 2.81. The highest BCUT2D eigenvalue weighted by molar-refractivity contribution is 7.86. The second kappa shape index (κ2) is 4.43. The molecule has 0 spiro atoms. The van der Waals surface area contributed by atoms with Crippen molar-refractivity contribution in [2.45, 2.75) is 11.3 Å². The molecule has 6 heteroatoms. The molecule has 0 aliphatic carbocycles. The monoisotopic (exact) mass is 229 g/mol. The van der Waals surface area contributed by atoms with E-state index >= 15 is 0 Å². The molecule has 1 rings (SSSR count). The van der Waals surface area contributed by atoms with E-state index < -0.39 is 10.1 Å². The molecule has 5 nitrogen and oxygen atoms in total. The third kappa shape index (κ3) is 2.35. The molecule has 0 bridgehead atoms. The third-order valence-corrected chi connectivity index (χ3v) is 2.96. The van der Waals surface area contributed by atoms with Gasteiger partial charge in [-0.1, -0.05) is 18.2 Å². The molecule has 82 valence electrons. The van der Waals surface area contributed by atoms with Crippen molar-refractivity contribution in [1.29, 1.82) is 0 Å². The maximum absolute atomic E-state index is 11.2. The highest BCUT2D eigenvalue weighted by Crippen LogP contribution is 2.27. The summed E-state index contributed by atoms with van der Waals surface area (Å²) in [5, 5.41) is 9.62. The van der Waals surface area contributed by atoms with Crippen molar-refractivity contribution >= 4 is 10.1 Å². The minimum atomic E-state index is -4.08. The molecule has 0 aliphatic heterocycles. The molecule has 0 heterocycles. The highest BCUT2D eigenvalue weighted by Gasteiger charge is 2.20. The van der Waals surface area contributed by atoms with E-state index in [2.05, 4.69) is 16.8 Å². The number of nitrogens with two attached hydrogens (primary N) is 1. The van der Waals surface area contributed by atoms with Gasteiger partial charge in [0, 0.05) is 0 Å². The zero-order valence-electron chi connectivity index (χ0n) is 7.88. The summed E-state index contributed by atoms with van der Waals surface area (Å²) >= 11 is 0. The van der Waals surface area contributed by atoms with Crippen LogP contribution in [0.4, 0.5) is 0 Å². The minimum absolute atomic E-state index is 0.343. The van der Waals surface area contributed by atoms with Gasteiger partial charge in [0.15, 0.2) is 0 Å². The summed E-state index contributed by atoms with van der Waals surface area (Å²) in [7, 11) is -4.08. The molecule has 0 aromatic heterocycles. The standard InChI is InChI=1S/C9H11NO4S/c1-2-4-7-5-3-6-8(9(7)11)15(12,13)14-10/h2-3,5-6,11H,1,4,10H2. The van der Waals surface area contributed by atoms with Crippen LogP contribution in [0.15, 0.2) is 35.7 Å². The van der Waals surface area contributed by atoms with E-state index in [1.165, 1.54) is 12.1 Å². The maximum Gasteiger partial charge on any atom is 0.316 e. The number of phenolic OH excluding ortho intramolecular Hbond substituents is 1. The minimum Gasteiger partial charge on any atom is -0.506 e. The van der Waals surface area contributed by atoms with Gasteiger partial charge in [-0.15, -0.1) is 6.58 Å². The van der Waals surface area contributed by atoms with Crippen molar-refractivity contribution in [3.63, 3.8) is 0 Å². The first-order chi connectivity index (χ1) is 7.03. The fourth-order valence-corrected chi connectivity index (χ4v) is 1.86. The van der Waals surface area contributed by atoms with Gasteiger partial charge in [0.25, 0.3) is 0 Å². The number of aromatic hydroxyl groups is 1. The van der Waals surface area contributed by atoms with E-state index in [1.807, 2.05) is 0 Å². The molecule has 0 amide bonds. The summed E-state index contributed by atoms with van der Waals surface area (Å²) in [5.41, 5.74) is 0.447. The lowest BCUT2D eigenvalue weighted by Gasteiger charge is -2.06. The Hall–Kier alpha value is -1.37. The smallest absolute Gasteiger partial charge is 0.316 e. The number of hydrogen-bond donors (Lipinski definition) is 2. The van der Waals surface area contributed by atoms with Gasteiger partial charge in [-0.2, -0.15) is 18.6 Å². The van der Waals surface area contributed by atoms with Gasteiger partial charge >= 0.3 is 10.1 Å². The number of para-hydroxylation sites is 1. The van der Waals surface area contributed by atoms with Crippen molar-refractivity contribution < 1.29 is 17.8 Å². The van der Waals surface area contributed by atoms with Gasteiger partial charge in [0.1, 0.15) is 10.6 Å². The quantitative estimate of drug-likeness (QED) is 0.586. The Morgan fingerprint density at radius 3 is 2.73 bits per heavy atom. The van der Waals surface area contributed by atoms with Crippen molar-refractivity contribution in [1.82, 2.24) is 0 Å². The third-order valence-electron chi connectivity index (χ3n) is 1.84. The van der Waals surface area contributed by atoms with Crippen molar-refractivity contribution in [3.8, 4) is 5.75 Å². The average molecular weight is 229 g/mol. The van der Waals surface area contributed by atoms with Crippen LogP contribution in [-0.2, 0) is 20.8 Å².